The molecule has 0 rings (SSSR count). The van der Waals surface area contributed by atoms with Crippen molar-refractivity contribution in [3.05, 3.63) is 0 Å². The fourth-order valence-corrected chi connectivity index (χ4v) is 0.466. The van der Waals surface area contributed by atoms with Crippen molar-refractivity contribution < 1.29 is 4.79 Å². The highest BCUT2D eigenvalue weighted by atomic mass is 35.5. The normalized spacial score (nSPS) is 9.20. The third-order valence-electron chi connectivity index (χ3n) is 0.795. The summed E-state index contributed by atoms with van der Waals surface area (Å²) in [5, 5.41) is 17.6. The van der Waals surface area contributed by atoms with E-state index in [9.17, 15) is 4.79 Å². The standard InChI is InChI=1S/C5H4ClN3O/c1-5(2-7,3-8)9-4(6)10/h1H3,(H,9,10). The minimum atomic E-state index is -1.52. The van der Waals surface area contributed by atoms with Crippen LogP contribution >= 0.6 is 11.6 Å². The van der Waals surface area contributed by atoms with Gasteiger partial charge in [0.1, 0.15) is 12.1 Å². The van der Waals surface area contributed by atoms with E-state index in [0.717, 1.165) is 0 Å². The zero-order valence-corrected chi connectivity index (χ0v) is 5.94. The molecule has 4 nitrogen and oxygen atoms in total. The van der Waals surface area contributed by atoms with Gasteiger partial charge in [-0.2, -0.15) is 10.5 Å². The van der Waals surface area contributed by atoms with Crippen LogP contribution in [0.2, 0.25) is 0 Å². The molecule has 0 aromatic rings. The van der Waals surface area contributed by atoms with Gasteiger partial charge in [0.15, 0.2) is 0 Å². The molecule has 0 unspecified atom stereocenters. The zero-order chi connectivity index (χ0) is 8.20. The lowest BCUT2D eigenvalue weighted by Gasteiger charge is -2.10. The summed E-state index contributed by atoms with van der Waals surface area (Å²) in [5.74, 6) is 0. The SMILES string of the molecule is CC(C#N)(C#N)NC(=O)Cl. The van der Waals surface area contributed by atoms with Crippen molar-refractivity contribution in [2.24, 2.45) is 0 Å². The molecule has 1 N–H and O–H groups in total. The summed E-state index contributed by atoms with van der Waals surface area (Å²) >= 11 is 4.87. The Balaban J connectivity index is 4.29. The number of hydrogen-bond acceptors (Lipinski definition) is 3. The van der Waals surface area contributed by atoms with Gasteiger partial charge < -0.3 is 5.32 Å². The number of halogens is 1. The lowest BCUT2D eigenvalue weighted by atomic mass is 10.1. The van der Waals surface area contributed by atoms with Gasteiger partial charge in [-0.05, 0) is 18.5 Å². The van der Waals surface area contributed by atoms with E-state index in [1.165, 1.54) is 6.92 Å². The van der Waals surface area contributed by atoms with Crippen LogP contribution in [0.1, 0.15) is 6.92 Å². The van der Waals surface area contributed by atoms with Crippen molar-refractivity contribution >= 4 is 17.0 Å². The van der Waals surface area contributed by atoms with Gasteiger partial charge in [-0.3, -0.25) is 4.79 Å². The molecule has 0 aliphatic heterocycles. The third kappa shape index (κ3) is 2.34. The number of nitrogens with one attached hydrogen (secondary N) is 1. The minimum Gasteiger partial charge on any atom is -0.313 e. The van der Waals surface area contributed by atoms with E-state index in [0.29, 0.717) is 0 Å². The summed E-state index contributed by atoms with van der Waals surface area (Å²) in [7, 11) is 0. The number of amides is 1. The first-order chi connectivity index (χ1) is 4.54. The molecule has 0 aromatic carbocycles. The lowest BCUT2D eigenvalue weighted by molar-refractivity contribution is 0.256. The van der Waals surface area contributed by atoms with E-state index in [4.69, 9.17) is 22.1 Å². The number of rotatable bonds is 1. The Morgan fingerprint density at radius 2 is 2.00 bits per heavy atom. The molecule has 0 atom stereocenters. The van der Waals surface area contributed by atoms with Crippen LogP contribution in [-0.2, 0) is 0 Å². The molecule has 0 saturated heterocycles. The monoisotopic (exact) mass is 157 g/mol. The Hall–Kier alpha value is -1.26. The van der Waals surface area contributed by atoms with Crippen LogP contribution in [0.4, 0.5) is 4.79 Å². The highest BCUT2D eigenvalue weighted by molar-refractivity contribution is 6.63. The predicted molar refractivity (Wildman–Crippen MR) is 34.0 cm³/mol. The van der Waals surface area contributed by atoms with E-state index in [2.05, 4.69) is 0 Å². The molecule has 0 heterocycles. The van der Waals surface area contributed by atoms with Gasteiger partial charge >= 0.3 is 5.37 Å². The van der Waals surface area contributed by atoms with Crippen molar-refractivity contribution in [2.45, 2.75) is 12.5 Å². The van der Waals surface area contributed by atoms with Crippen molar-refractivity contribution in [3.8, 4) is 12.1 Å². The molecular formula is C5H4ClN3O. The minimum absolute atomic E-state index is 0.911. The Kier molecular flexibility index (Phi) is 2.66. The quantitative estimate of drug-likeness (QED) is 0.451. The smallest absolute Gasteiger partial charge is 0.313 e. The van der Waals surface area contributed by atoms with Crippen molar-refractivity contribution in [1.82, 2.24) is 5.32 Å². The van der Waals surface area contributed by atoms with Crippen LogP contribution in [0.5, 0.6) is 0 Å². The van der Waals surface area contributed by atoms with E-state index < -0.39 is 10.9 Å². The van der Waals surface area contributed by atoms with Crippen molar-refractivity contribution in [3.63, 3.8) is 0 Å². The largest absolute Gasteiger partial charge is 0.315 e. The molecule has 52 valence electrons. The van der Waals surface area contributed by atoms with Crippen LogP contribution < -0.4 is 5.32 Å². The average molecular weight is 158 g/mol. The Bertz CT molecular complexity index is 210. The fraction of sp³-hybridized carbons (Fsp3) is 0.400. The second kappa shape index (κ2) is 3.05. The highest BCUT2D eigenvalue weighted by Gasteiger charge is 2.24. The second-order valence-electron chi connectivity index (χ2n) is 1.75. The Morgan fingerprint density at radius 3 is 2.10 bits per heavy atom. The van der Waals surface area contributed by atoms with Gasteiger partial charge in [-0.15, -0.1) is 0 Å². The maximum absolute atomic E-state index is 10.1. The number of carbonyl (C=O) groups is 1. The first kappa shape index (κ1) is 8.74. The first-order valence-corrected chi connectivity index (χ1v) is 2.72. The van der Waals surface area contributed by atoms with E-state index in [1.54, 1.807) is 12.1 Å². The summed E-state index contributed by atoms with van der Waals surface area (Å²) in [5.41, 5.74) is -1.52. The van der Waals surface area contributed by atoms with E-state index in [1.807, 2.05) is 5.32 Å². The lowest BCUT2D eigenvalue weighted by Crippen LogP contribution is -2.40. The van der Waals surface area contributed by atoms with Gasteiger partial charge in [-0.1, -0.05) is 0 Å². The molecular weight excluding hydrogens is 154 g/mol. The maximum Gasteiger partial charge on any atom is 0.315 e. The summed E-state index contributed by atoms with van der Waals surface area (Å²) < 4.78 is 0. The summed E-state index contributed by atoms with van der Waals surface area (Å²) in [6.45, 7) is 1.26. The molecule has 1 amide bonds. The topological polar surface area (TPSA) is 76.7 Å². The van der Waals surface area contributed by atoms with Crippen molar-refractivity contribution in [1.29, 1.82) is 10.5 Å². The van der Waals surface area contributed by atoms with Gasteiger partial charge in [0.05, 0.1) is 0 Å². The molecule has 0 aliphatic carbocycles. The van der Waals surface area contributed by atoms with E-state index in [-0.39, 0.29) is 0 Å². The van der Waals surface area contributed by atoms with Crippen LogP contribution in [0.25, 0.3) is 0 Å². The molecule has 0 aliphatic rings. The van der Waals surface area contributed by atoms with Crippen LogP contribution in [0.3, 0.4) is 0 Å². The molecule has 0 bridgehead atoms. The van der Waals surface area contributed by atoms with Crippen molar-refractivity contribution in [2.75, 3.05) is 0 Å². The van der Waals surface area contributed by atoms with Gasteiger partial charge in [0.25, 0.3) is 0 Å². The van der Waals surface area contributed by atoms with Crippen LogP contribution in [0, 0.1) is 22.7 Å². The number of hydrogen-bond donors (Lipinski definition) is 1. The van der Waals surface area contributed by atoms with Crippen LogP contribution in [0.15, 0.2) is 0 Å². The van der Waals surface area contributed by atoms with Gasteiger partial charge in [0, 0.05) is 0 Å². The summed E-state index contributed by atoms with van der Waals surface area (Å²) in [6.07, 6.45) is 0. The summed E-state index contributed by atoms with van der Waals surface area (Å²) in [6, 6.07) is 3.16. The molecule has 0 fully saturated rings. The van der Waals surface area contributed by atoms with E-state index >= 15 is 0 Å². The second-order valence-corrected chi connectivity index (χ2v) is 2.09. The molecule has 0 radical (unpaired) electrons. The first-order valence-electron chi connectivity index (χ1n) is 2.34. The summed E-state index contributed by atoms with van der Waals surface area (Å²) in [4.78, 5) is 10.1. The van der Waals surface area contributed by atoms with Gasteiger partial charge in [-0.25, -0.2) is 0 Å². The fourth-order valence-electron chi connectivity index (χ4n) is 0.277. The molecule has 0 aromatic heterocycles. The molecule has 0 saturated carbocycles. The molecule has 10 heavy (non-hydrogen) atoms. The Labute approximate surface area is 63.0 Å². The number of carbonyl (C=O) groups excluding carboxylic acids is 1. The number of nitriles is 2. The predicted octanol–water partition coefficient (Wildman–Crippen LogP) is 0.741. The number of nitrogens with zero attached hydrogens (tertiary/aromatic N) is 2. The molecule has 5 heteroatoms. The Morgan fingerprint density at radius 1 is 1.60 bits per heavy atom. The highest BCUT2D eigenvalue weighted by Crippen LogP contribution is 1.99. The van der Waals surface area contributed by atoms with Crippen LogP contribution in [-0.4, -0.2) is 10.9 Å². The third-order valence-corrected chi connectivity index (χ3v) is 0.890. The molecule has 0 spiro atoms. The maximum atomic E-state index is 10.1. The zero-order valence-electron chi connectivity index (χ0n) is 5.18. The van der Waals surface area contributed by atoms with Gasteiger partial charge in [0.2, 0.25) is 5.54 Å². The average Bonchev–Trinajstić information content (AvgIpc) is 1.87.